The predicted molar refractivity (Wildman–Crippen MR) is 117 cm³/mol. The lowest BCUT2D eigenvalue weighted by Gasteiger charge is -2.27. The number of imide groups is 1. The quantitative estimate of drug-likeness (QED) is 0.433. The lowest BCUT2D eigenvalue weighted by molar-refractivity contribution is -0.114. The number of hydroxylamine groups is 2. The molecule has 0 bridgehead atoms. The highest BCUT2D eigenvalue weighted by molar-refractivity contribution is 6.20. The third-order valence-corrected chi connectivity index (χ3v) is 5.25. The molecule has 31 heavy (non-hydrogen) atoms. The Kier molecular flexibility index (Phi) is 5.64. The van der Waals surface area contributed by atoms with Crippen molar-refractivity contribution in [2.45, 2.75) is 13.0 Å². The number of fused-ring (bicyclic) bond motifs is 1. The summed E-state index contributed by atoms with van der Waals surface area (Å²) < 4.78 is 0. The SMILES string of the molecule is Cc1ccc(C(=O)C(CN(C)c2ccccc2)ON2C(=O)c3ccccc3C2=O)cc1. The normalized spacial score (nSPS) is 13.8. The zero-order valence-electron chi connectivity index (χ0n) is 17.3. The van der Waals surface area contributed by atoms with Gasteiger partial charge < -0.3 is 4.90 Å². The number of hydrogen-bond acceptors (Lipinski definition) is 5. The smallest absolute Gasteiger partial charge is 0.285 e. The van der Waals surface area contributed by atoms with Crippen molar-refractivity contribution in [3.8, 4) is 0 Å². The molecule has 3 aromatic carbocycles. The maximum absolute atomic E-state index is 13.3. The number of hydrogen-bond donors (Lipinski definition) is 0. The first-order chi connectivity index (χ1) is 15.0. The van der Waals surface area contributed by atoms with Crippen LogP contribution in [0.25, 0.3) is 0 Å². The highest BCUT2D eigenvalue weighted by Crippen LogP contribution is 2.25. The Bertz CT molecular complexity index is 1090. The van der Waals surface area contributed by atoms with E-state index in [-0.39, 0.29) is 23.5 Å². The molecular weight excluding hydrogens is 392 g/mol. The number of aryl methyl sites for hydroxylation is 1. The van der Waals surface area contributed by atoms with E-state index < -0.39 is 17.9 Å². The number of Topliss-reactive ketones (excluding diaryl/α,β-unsaturated/α-hetero) is 1. The van der Waals surface area contributed by atoms with E-state index in [1.165, 1.54) is 0 Å². The monoisotopic (exact) mass is 414 g/mol. The average molecular weight is 414 g/mol. The van der Waals surface area contributed by atoms with E-state index in [1.54, 1.807) is 36.4 Å². The third-order valence-electron chi connectivity index (χ3n) is 5.25. The Morgan fingerprint density at radius 2 is 1.42 bits per heavy atom. The van der Waals surface area contributed by atoms with Crippen LogP contribution in [0.1, 0.15) is 36.6 Å². The predicted octanol–water partition coefficient (Wildman–Crippen LogP) is 3.91. The summed E-state index contributed by atoms with van der Waals surface area (Å²) in [6.45, 7) is 2.09. The van der Waals surface area contributed by atoms with Crippen LogP contribution in [0.2, 0.25) is 0 Å². The number of carbonyl (C=O) groups is 3. The summed E-state index contributed by atoms with van der Waals surface area (Å²) in [6.07, 6.45) is -1.06. The highest BCUT2D eigenvalue weighted by atomic mass is 16.7. The molecule has 0 saturated heterocycles. The minimum atomic E-state index is -1.06. The first-order valence-corrected chi connectivity index (χ1v) is 9.97. The van der Waals surface area contributed by atoms with Crippen LogP contribution in [0.3, 0.4) is 0 Å². The summed E-state index contributed by atoms with van der Waals surface area (Å²) in [5, 5.41) is 0.709. The number of carbonyl (C=O) groups excluding carboxylic acids is 3. The molecule has 4 rings (SSSR count). The van der Waals surface area contributed by atoms with E-state index >= 15 is 0 Å². The summed E-state index contributed by atoms with van der Waals surface area (Å²) in [7, 11) is 1.83. The minimum Gasteiger partial charge on any atom is -0.371 e. The van der Waals surface area contributed by atoms with Crippen molar-refractivity contribution in [2.24, 2.45) is 0 Å². The summed E-state index contributed by atoms with van der Waals surface area (Å²) in [5.41, 5.74) is 2.90. The maximum atomic E-state index is 13.3. The molecule has 3 aromatic rings. The number of para-hydroxylation sites is 1. The molecule has 0 aliphatic carbocycles. The second kappa shape index (κ2) is 8.53. The minimum absolute atomic E-state index is 0.157. The molecule has 2 amide bonds. The van der Waals surface area contributed by atoms with Gasteiger partial charge in [-0.25, -0.2) is 4.84 Å². The molecule has 1 aliphatic rings. The van der Waals surface area contributed by atoms with Gasteiger partial charge in [-0.15, -0.1) is 5.06 Å². The Morgan fingerprint density at radius 1 is 0.871 bits per heavy atom. The number of benzene rings is 3. The fourth-order valence-electron chi connectivity index (χ4n) is 3.49. The summed E-state index contributed by atoms with van der Waals surface area (Å²) >= 11 is 0. The van der Waals surface area contributed by atoms with Crippen molar-refractivity contribution in [3.05, 3.63) is 101 Å². The first kappa shape index (κ1) is 20.5. The van der Waals surface area contributed by atoms with E-state index in [4.69, 9.17) is 4.84 Å². The zero-order chi connectivity index (χ0) is 22.0. The van der Waals surface area contributed by atoms with Crippen LogP contribution in [0.4, 0.5) is 5.69 Å². The van der Waals surface area contributed by atoms with Crippen molar-refractivity contribution in [1.82, 2.24) is 5.06 Å². The van der Waals surface area contributed by atoms with Gasteiger partial charge in [-0.05, 0) is 31.2 Å². The van der Waals surface area contributed by atoms with Gasteiger partial charge in [0.05, 0.1) is 17.7 Å². The van der Waals surface area contributed by atoms with Gasteiger partial charge in [-0.3, -0.25) is 14.4 Å². The average Bonchev–Trinajstić information content (AvgIpc) is 3.04. The summed E-state index contributed by atoms with van der Waals surface area (Å²) in [4.78, 5) is 46.5. The molecule has 0 radical (unpaired) electrons. The molecule has 156 valence electrons. The van der Waals surface area contributed by atoms with Crippen LogP contribution in [-0.2, 0) is 4.84 Å². The van der Waals surface area contributed by atoms with Gasteiger partial charge in [0, 0.05) is 18.3 Å². The Morgan fingerprint density at radius 3 is 2.00 bits per heavy atom. The Hall–Kier alpha value is -3.77. The van der Waals surface area contributed by atoms with Crippen molar-refractivity contribution < 1.29 is 19.2 Å². The molecule has 1 heterocycles. The van der Waals surface area contributed by atoms with E-state index in [1.807, 2.05) is 61.3 Å². The van der Waals surface area contributed by atoms with E-state index in [0.717, 1.165) is 11.3 Å². The number of rotatable bonds is 7. The molecule has 1 atom stereocenters. The number of nitrogens with zero attached hydrogens (tertiary/aromatic N) is 2. The fraction of sp³-hybridized carbons (Fsp3) is 0.160. The van der Waals surface area contributed by atoms with Crippen molar-refractivity contribution >= 4 is 23.3 Å². The number of amides is 2. The Labute approximate surface area is 180 Å². The summed E-state index contributed by atoms with van der Waals surface area (Å²) in [6, 6.07) is 23.2. The van der Waals surface area contributed by atoms with Crippen LogP contribution in [0.5, 0.6) is 0 Å². The van der Waals surface area contributed by atoms with Crippen LogP contribution in [-0.4, -0.2) is 42.4 Å². The number of anilines is 1. The van der Waals surface area contributed by atoms with Crippen molar-refractivity contribution in [1.29, 1.82) is 0 Å². The molecule has 6 heteroatoms. The van der Waals surface area contributed by atoms with Crippen molar-refractivity contribution in [2.75, 3.05) is 18.5 Å². The van der Waals surface area contributed by atoms with E-state index in [9.17, 15) is 14.4 Å². The molecule has 0 aromatic heterocycles. The van der Waals surface area contributed by atoms with Crippen molar-refractivity contribution in [3.63, 3.8) is 0 Å². The van der Waals surface area contributed by atoms with E-state index in [0.29, 0.717) is 10.6 Å². The number of likely N-dealkylation sites (N-methyl/N-ethyl adjacent to an activating group) is 1. The Balaban J connectivity index is 1.62. The van der Waals surface area contributed by atoms with Crippen LogP contribution >= 0.6 is 0 Å². The third kappa shape index (κ3) is 4.11. The van der Waals surface area contributed by atoms with Crippen LogP contribution < -0.4 is 4.90 Å². The molecule has 1 aliphatic heterocycles. The maximum Gasteiger partial charge on any atom is 0.285 e. The highest BCUT2D eigenvalue weighted by Gasteiger charge is 2.39. The second-order valence-electron chi connectivity index (χ2n) is 7.49. The molecule has 0 spiro atoms. The molecule has 6 nitrogen and oxygen atoms in total. The molecule has 0 saturated carbocycles. The van der Waals surface area contributed by atoms with E-state index in [2.05, 4.69) is 0 Å². The van der Waals surface area contributed by atoms with Gasteiger partial charge in [0.2, 0.25) is 0 Å². The lowest BCUT2D eigenvalue weighted by atomic mass is 10.0. The van der Waals surface area contributed by atoms with Gasteiger partial charge in [-0.2, -0.15) is 0 Å². The topological polar surface area (TPSA) is 66.9 Å². The van der Waals surface area contributed by atoms with Gasteiger partial charge in [0.25, 0.3) is 11.8 Å². The molecular formula is C25H22N2O4. The summed E-state index contributed by atoms with van der Waals surface area (Å²) in [5.74, 6) is -1.44. The second-order valence-corrected chi connectivity index (χ2v) is 7.49. The molecule has 1 unspecified atom stereocenters. The first-order valence-electron chi connectivity index (χ1n) is 9.97. The molecule has 0 N–H and O–H groups in total. The largest absolute Gasteiger partial charge is 0.371 e. The van der Waals surface area contributed by atoms with Gasteiger partial charge in [0.15, 0.2) is 11.9 Å². The zero-order valence-corrected chi connectivity index (χ0v) is 17.3. The van der Waals surface area contributed by atoms with Gasteiger partial charge >= 0.3 is 0 Å². The van der Waals surface area contributed by atoms with Gasteiger partial charge in [0.1, 0.15) is 0 Å². The standard InChI is InChI=1S/C25H22N2O4/c1-17-12-14-18(15-13-17)23(28)22(16-26(2)19-8-4-3-5-9-19)31-27-24(29)20-10-6-7-11-21(20)25(27)30/h3-15,22H,16H2,1-2H3. The molecule has 0 fully saturated rings. The van der Waals surface area contributed by atoms with Crippen LogP contribution in [0, 0.1) is 6.92 Å². The number of ketones is 1. The van der Waals surface area contributed by atoms with Crippen LogP contribution in [0.15, 0.2) is 78.9 Å². The van der Waals surface area contributed by atoms with Gasteiger partial charge in [-0.1, -0.05) is 60.2 Å². The lowest BCUT2D eigenvalue weighted by Crippen LogP contribution is -2.44. The fourth-order valence-corrected chi connectivity index (χ4v) is 3.49.